The molecule has 1 atom stereocenters. The number of nitrogens with two attached hydrogens (primary N) is 1. The molecule has 1 unspecified atom stereocenters. The van der Waals surface area contributed by atoms with E-state index in [2.05, 4.69) is 20.3 Å². The number of hydrogen-bond donors (Lipinski definition) is 5. The molecule has 0 radical (unpaired) electrons. The first-order chi connectivity index (χ1) is 16.4. The number of aliphatic imine (C=N–C) groups is 1. The molecule has 34 heavy (non-hydrogen) atoms. The lowest BCUT2D eigenvalue weighted by atomic mass is 10.1. The molecule has 0 aliphatic heterocycles. The second kappa shape index (κ2) is 8.96. The zero-order valence-electron chi connectivity index (χ0n) is 18.6. The number of rotatable bonds is 7. The molecule has 2 heterocycles. The molecule has 174 valence electrons. The number of H-pyrrole nitrogens is 2. The van der Waals surface area contributed by atoms with Crippen LogP contribution in [-0.4, -0.2) is 38.5 Å². The number of nitrogens with one attached hydrogen (secondary N) is 3. The van der Waals surface area contributed by atoms with E-state index in [4.69, 9.17) is 22.3 Å². The zero-order valence-corrected chi connectivity index (χ0v) is 19.4. The van der Waals surface area contributed by atoms with Crippen molar-refractivity contribution in [2.24, 2.45) is 10.7 Å². The van der Waals surface area contributed by atoms with E-state index in [1.165, 1.54) is 0 Å². The summed E-state index contributed by atoms with van der Waals surface area (Å²) in [5.74, 6) is 0.938. The topological polar surface area (TPSA) is 132 Å². The quantitative estimate of drug-likeness (QED) is 0.204. The molecule has 6 N–H and O–H groups in total. The summed E-state index contributed by atoms with van der Waals surface area (Å²) in [7, 11) is 0. The van der Waals surface area contributed by atoms with E-state index in [0.717, 1.165) is 35.0 Å². The number of amidine groups is 1. The van der Waals surface area contributed by atoms with Crippen LogP contribution in [0.2, 0.25) is 5.02 Å². The Morgan fingerprint density at radius 3 is 2.91 bits per heavy atom. The Kier molecular flexibility index (Phi) is 5.85. The van der Waals surface area contributed by atoms with Crippen molar-refractivity contribution in [1.82, 2.24) is 15.0 Å². The van der Waals surface area contributed by atoms with Crippen molar-refractivity contribution in [2.45, 2.75) is 31.9 Å². The largest absolute Gasteiger partial charge is 0.387 e. The number of imidazole rings is 1. The third-order valence-electron chi connectivity index (χ3n) is 5.86. The highest BCUT2D eigenvalue weighted by molar-refractivity contribution is 6.30. The van der Waals surface area contributed by atoms with Crippen LogP contribution in [0.1, 0.15) is 35.6 Å². The van der Waals surface area contributed by atoms with E-state index >= 15 is 0 Å². The molecule has 1 aliphatic rings. The van der Waals surface area contributed by atoms with Crippen LogP contribution in [-0.2, 0) is 0 Å². The van der Waals surface area contributed by atoms with Crippen molar-refractivity contribution < 1.29 is 5.11 Å². The summed E-state index contributed by atoms with van der Waals surface area (Å²) in [5, 5.41) is 14.3. The van der Waals surface area contributed by atoms with Gasteiger partial charge in [0, 0.05) is 23.3 Å². The van der Waals surface area contributed by atoms with Crippen molar-refractivity contribution >= 4 is 34.2 Å². The monoisotopic (exact) mass is 476 g/mol. The Balaban J connectivity index is 1.47. The maximum absolute atomic E-state index is 12.8. The fourth-order valence-corrected chi connectivity index (χ4v) is 4.13. The third kappa shape index (κ3) is 4.55. The molecule has 0 spiro atoms. The molecule has 4 aromatic rings. The molecule has 2 aromatic heterocycles. The maximum atomic E-state index is 12.8. The number of aromatic amines is 2. The highest BCUT2D eigenvalue weighted by Crippen LogP contribution is 2.28. The Morgan fingerprint density at radius 1 is 1.32 bits per heavy atom. The molecule has 1 aliphatic carbocycles. The molecule has 9 heteroatoms. The molecule has 1 fully saturated rings. The summed E-state index contributed by atoms with van der Waals surface area (Å²) in [6.07, 6.45) is 2.91. The number of aliphatic hydroxyl groups excluding tert-OH is 1. The van der Waals surface area contributed by atoms with Gasteiger partial charge >= 0.3 is 0 Å². The van der Waals surface area contributed by atoms with E-state index in [1.807, 2.05) is 19.1 Å². The number of nitrogens with zero attached hydrogens (tertiary/aromatic N) is 2. The average molecular weight is 477 g/mol. The lowest BCUT2D eigenvalue weighted by molar-refractivity contribution is 0.191. The summed E-state index contributed by atoms with van der Waals surface area (Å²) in [4.78, 5) is 28.0. The number of aromatic nitrogens is 3. The minimum atomic E-state index is -0.806. The van der Waals surface area contributed by atoms with Gasteiger partial charge in [-0.3, -0.25) is 9.79 Å². The predicted molar refractivity (Wildman–Crippen MR) is 136 cm³/mol. The number of aliphatic hydroxyl groups is 1. The van der Waals surface area contributed by atoms with Gasteiger partial charge in [-0.2, -0.15) is 0 Å². The van der Waals surface area contributed by atoms with Crippen molar-refractivity contribution in [3.63, 3.8) is 0 Å². The van der Waals surface area contributed by atoms with Gasteiger partial charge in [0.15, 0.2) is 0 Å². The third-order valence-corrected chi connectivity index (χ3v) is 6.09. The van der Waals surface area contributed by atoms with Crippen LogP contribution in [0.5, 0.6) is 0 Å². The van der Waals surface area contributed by atoms with Crippen molar-refractivity contribution in [1.29, 1.82) is 0 Å². The van der Waals surface area contributed by atoms with Crippen LogP contribution in [0.4, 0.5) is 5.69 Å². The van der Waals surface area contributed by atoms with Gasteiger partial charge in [0.2, 0.25) is 0 Å². The van der Waals surface area contributed by atoms with Gasteiger partial charge in [-0.25, -0.2) is 4.98 Å². The molecule has 2 aromatic carbocycles. The van der Waals surface area contributed by atoms with Gasteiger partial charge in [-0.15, -0.1) is 0 Å². The van der Waals surface area contributed by atoms with Gasteiger partial charge in [0.1, 0.15) is 17.2 Å². The first-order valence-corrected chi connectivity index (χ1v) is 11.5. The second-order valence-corrected chi connectivity index (χ2v) is 9.00. The fourth-order valence-electron chi connectivity index (χ4n) is 3.93. The van der Waals surface area contributed by atoms with Crippen LogP contribution in [0.15, 0.2) is 58.4 Å². The van der Waals surface area contributed by atoms with Gasteiger partial charge in [-0.1, -0.05) is 23.7 Å². The van der Waals surface area contributed by atoms with Gasteiger partial charge in [0.25, 0.3) is 5.56 Å². The van der Waals surface area contributed by atoms with E-state index < -0.39 is 6.10 Å². The maximum Gasteiger partial charge on any atom is 0.261 e. The molecule has 0 bridgehead atoms. The number of pyridine rings is 1. The van der Waals surface area contributed by atoms with E-state index in [1.54, 1.807) is 36.5 Å². The number of halogens is 1. The van der Waals surface area contributed by atoms with Crippen LogP contribution in [0, 0.1) is 6.92 Å². The summed E-state index contributed by atoms with van der Waals surface area (Å²) in [5.41, 5.74) is 10.8. The molecule has 1 saturated carbocycles. The first-order valence-electron chi connectivity index (χ1n) is 11.1. The lowest BCUT2D eigenvalue weighted by Crippen LogP contribution is -2.17. The number of fused-ring (bicyclic) bond motifs is 1. The standard InChI is InChI=1S/C25H25ClN6O2/c1-13-9-15(23(27)30-17-5-6-17)11-19-22(13)32-24(31-19)21-18(7-8-28-25(21)34)29-12-20(33)14-3-2-4-16(26)10-14/h2-4,7-11,17,20,33H,5-6,12H2,1H3,(H2,27,30)(H,31,32)(H2,28,29,34). The van der Waals surface area contributed by atoms with Gasteiger partial charge < -0.3 is 26.1 Å². The highest BCUT2D eigenvalue weighted by atomic mass is 35.5. The summed E-state index contributed by atoms with van der Waals surface area (Å²) >= 11 is 6.04. The van der Waals surface area contributed by atoms with Crippen LogP contribution < -0.4 is 16.6 Å². The van der Waals surface area contributed by atoms with Crippen LogP contribution >= 0.6 is 11.6 Å². The molecular weight excluding hydrogens is 452 g/mol. The van der Waals surface area contributed by atoms with Crippen molar-refractivity contribution in [2.75, 3.05) is 11.9 Å². The second-order valence-electron chi connectivity index (χ2n) is 8.57. The Labute approximate surface area is 200 Å². The number of benzene rings is 2. The molecule has 5 rings (SSSR count). The number of hydrogen-bond acceptors (Lipinski definition) is 5. The van der Waals surface area contributed by atoms with Crippen molar-refractivity contribution in [3.8, 4) is 11.4 Å². The van der Waals surface area contributed by atoms with Crippen LogP contribution in [0.25, 0.3) is 22.4 Å². The van der Waals surface area contributed by atoms with Gasteiger partial charge in [0.05, 0.1) is 28.9 Å². The minimum absolute atomic E-state index is 0.189. The normalized spacial score (nSPS) is 15.0. The first kappa shape index (κ1) is 22.2. The number of aryl methyl sites for hydroxylation is 1. The fraction of sp³-hybridized carbons (Fsp3) is 0.240. The van der Waals surface area contributed by atoms with E-state index in [0.29, 0.717) is 39.5 Å². The lowest BCUT2D eigenvalue weighted by Gasteiger charge is -2.15. The summed E-state index contributed by atoms with van der Waals surface area (Å²) < 4.78 is 0. The SMILES string of the molecule is Cc1cc(/C(N)=N/C2CC2)cc2[nH]c(-c3c(NCC(O)c4cccc(Cl)c4)cc[nH]c3=O)nc12. The van der Waals surface area contributed by atoms with Crippen LogP contribution in [0.3, 0.4) is 0 Å². The Hall–Kier alpha value is -3.62. The Morgan fingerprint density at radius 2 is 2.15 bits per heavy atom. The smallest absolute Gasteiger partial charge is 0.261 e. The molecule has 0 amide bonds. The number of anilines is 1. The summed E-state index contributed by atoms with van der Waals surface area (Å²) in [6, 6.07) is 13.0. The summed E-state index contributed by atoms with van der Waals surface area (Å²) in [6.45, 7) is 2.14. The van der Waals surface area contributed by atoms with Gasteiger partial charge in [-0.05, 0) is 61.2 Å². The molecule has 8 nitrogen and oxygen atoms in total. The molecular formula is C25H25ClN6O2. The average Bonchev–Trinajstić information content (AvgIpc) is 3.52. The molecule has 0 saturated heterocycles. The highest BCUT2D eigenvalue weighted by Gasteiger charge is 2.21. The van der Waals surface area contributed by atoms with E-state index in [-0.39, 0.29) is 12.1 Å². The predicted octanol–water partition coefficient (Wildman–Crippen LogP) is 3.89. The minimum Gasteiger partial charge on any atom is -0.387 e. The Bertz CT molecular complexity index is 1450. The van der Waals surface area contributed by atoms with Crippen molar-refractivity contribution in [3.05, 3.63) is 80.7 Å². The zero-order chi connectivity index (χ0) is 23.8. The van der Waals surface area contributed by atoms with E-state index in [9.17, 15) is 9.90 Å².